The number of hydrogen-bond donors (Lipinski definition) is 1. The summed E-state index contributed by atoms with van der Waals surface area (Å²) in [5.41, 5.74) is 5.03. The topological polar surface area (TPSA) is 72.8 Å². The number of carbonyl (C=O) groups excluding carboxylic acids is 1. The SMILES string of the molecule is COc1cc(/C=N/NC(=O)C(C)Sc2nc3ccccc3s2)cc(Br)c1OCc1ccc(F)cc1. The number of nitrogens with one attached hydrogen (secondary N) is 1. The molecule has 4 aromatic rings. The summed E-state index contributed by atoms with van der Waals surface area (Å²) in [5, 5.41) is 3.72. The third kappa shape index (κ3) is 6.59. The molecule has 0 bridgehead atoms. The molecule has 1 amide bonds. The highest BCUT2D eigenvalue weighted by Crippen LogP contribution is 2.37. The van der Waals surface area contributed by atoms with Gasteiger partial charge in [0.05, 0.1) is 33.3 Å². The number of nitrogens with zero attached hydrogens (tertiary/aromatic N) is 2. The highest BCUT2D eigenvalue weighted by molar-refractivity contribution is 9.10. The van der Waals surface area contributed by atoms with Crippen LogP contribution in [0.1, 0.15) is 18.1 Å². The van der Waals surface area contributed by atoms with Gasteiger partial charge in [-0.3, -0.25) is 4.79 Å². The lowest BCUT2D eigenvalue weighted by Gasteiger charge is -2.13. The van der Waals surface area contributed by atoms with E-state index in [-0.39, 0.29) is 23.6 Å². The van der Waals surface area contributed by atoms with Gasteiger partial charge in [-0.25, -0.2) is 14.8 Å². The summed E-state index contributed by atoms with van der Waals surface area (Å²) in [6, 6.07) is 17.5. The first-order valence-corrected chi connectivity index (χ1v) is 13.0. The summed E-state index contributed by atoms with van der Waals surface area (Å²) < 4.78 is 27.0. The maximum absolute atomic E-state index is 13.1. The van der Waals surface area contributed by atoms with Gasteiger partial charge in [0, 0.05) is 0 Å². The average molecular weight is 574 g/mol. The predicted molar refractivity (Wildman–Crippen MR) is 142 cm³/mol. The van der Waals surface area contributed by atoms with E-state index in [0.717, 1.165) is 20.1 Å². The fraction of sp³-hybridized carbons (Fsp3) is 0.160. The monoisotopic (exact) mass is 573 g/mol. The number of ether oxygens (including phenoxy) is 2. The van der Waals surface area contributed by atoms with E-state index in [2.05, 4.69) is 31.4 Å². The Morgan fingerprint density at radius 1 is 1.26 bits per heavy atom. The third-order valence-corrected chi connectivity index (χ3v) is 7.68. The Labute approximate surface area is 218 Å². The van der Waals surface area contributed by atoms with Crippen molar-refractivity contribution in [2.75, 3.05) is 7.11 Å². The van der Waals surface area contributed by atoms with Crippen LogP contribution in [-0.4, -0.2) is 29.5 Å². The summed E-state index contributed by atoms with van der Waals surface area (Å²) in [6.45, 7) is 2.07. The molecule has 0 aliphatic rings. The van der Waals surface area contributed by atoms with E-state index in [1.165, 1.54) is 37.2 Å². The number of halogens is 2. The van der Waals surface area contributed by atoms with Crippen LogP contribution in [0, 0.1) is 5.82 Å². The first-order chi connectivity index (χ1) is 16.9. The molecule has 10 heteroatoms. The molecule has 0 saturated carbocycles. The number of benzene rings is 3. The van der Waals surface area contributed by atoms with Crippen LogP contribution in [0.4, 0.5) is 4.39 Å². The Morgan fingerprint density at radius 2 is 2.03 bits per heavy atom. The minimum Gasteiger partial charge on any atom is -0.493 e. The van der Waals surface area contributed by atoms with E-state index >= 15 is 0 Å². The van der Waals surface area contributed by atoms with Crippen molar-refractivity contribution in [3.63, 3.8) is 0 Å². The molecule has 4 rings (SSSR count). The Hall–Kier alpha value is -2.95. The Balaban J connectivity index is 1.36. The van der Waals surface area contributed by atoms with Crippen LogP contribution in [0.3, 0.4) is 0 Å². The van der Waals surface area contributed by atoms with E-state index in [9.17, 15) is 9.18 Å². The van der Waals surface area contributed by atoms with Gasteiger partial charge in [0.1, 0.15) is 12.4 Å². The number of aromatic nitrogens is 1. The quantitative estimate of drug-likeness (QED) is 0.142. The zero-order valence-corrected chi connectivity index (χ0v) is 22.0. The van der Waals surface area contributed by atoms with Gasteiger partial charge >= 0.3 is 0 Å². The molecule has 1 unspecified atom stereocenters. The lowest BCUT2D eigenvalue weighted by molar-refractivity contribution is -0.120. The fourth-order valence-electron chi connectivity index (χ4n) is 3.06. The number of hydrazone groups is 1. The lowest BCUT2D eigenvalue weighted by Crippen LogP contribution is -2.26. The van der Waals surface area contributed by atoms with Crippen molar-refractivity contribution in [1.29, 1.82) is 0 Å². The molecule has 6 nitrogen and oxygen atoms in total. The normalized spacial score (nSPS) is 12.1. The van der Waals surface area contributed by atoms with Gasteiger partial charge in [-0.2, -0.15) is 5.10 Å². The summed E-state index contributed by atoms with van der Waals surface area (Å²) in [5.74, 6) is 0.483. The van der Waals surface area contributed by atoms with Gasteiger partial charge in [0.15, 0.2) is 15.8 Å². The van der Waals surface area contributed by atoms with Crippen LogP contribution in [0.2, 0.25) is 0 Å². The molecule has 1 aromatic heterocycles. The number of hydrogen-bond acceptors (Lipinski definition) is 7. The van der Waals surface area contributed by atoms with Crippen molar-refractivity contribution in [3.05, 3.63) is 82.1 Å². The number of thioether (sulfide) groups is 1. The van der Waals surface area contributed by atoms with Gasteiger partial charge in [-0.1, -0.05) is 36.0 Å². The maximum atomic E-state index is 13.1. The summed E-state index contributed by atoms with van der Waals surface area (Å²) in [4.78, 5) is 17.0. The van der Waals surface area contributed by atoms with Crippen molar-refractivity contribution in [3.8, 4) is 11.5 Å². The molecule has 0 saturated heterocycles. The van der Waals surface area contributed by atoms with Crippen LogP contribution < -0.4 is 14.9 Å². The molecular weight excluding hydrogens is 553 g/mol. The van der Waals surface area contributed by atoms with Crippen molar-refractivity contribution >= 4 is 61.4 Å². The first-order valence-electron chi connectivity index (χ1n) is 10.5. The molecule has 0 aliphatic carbocycles. The number of rotatable bonds is 9. The fourth-order valence-corrected chi connectivity index (χ4v) is 5.84. The zero-order chi connectivity index (χ0) is 24.8. The van der Waals surface area contributed by atoms with Gasteiger partial charge in [0.2, 0.25) is 0 Å². The number of thiazole rings is 1. The second-order valence-corrected chi connectivity index (χ2v) is 10.9. The molecule has 0 spiro atoms. The summed E-state index contributed by atoms with van der Waals surface area (Å²) >= 11 is 6.45. The number of carbonyl (C=O) groups is 1. The van der Waals surface area contributed by atoms with Crippen LogP contribution >= 0.6 is 39.0 Å². The highest BCUT2D eigenvalue weighted by Gasteiger charge is 2.17. The standard InChI is InChI=1S/C25H21BrFN3O3S2/c1-15(34-25-29-20-5-3-4-6-22(20)35-25)24(31)30-28-13-17-11-19(26)23(21(12-17)32-2)33-14-16-7-9-18(27)10-8-16/h3-13,15H,14H2,1-2H3,(H,30,31)/b28-13+. The summed E-state index contributed by atoms with van der Waals surface area (Å²) in [6.07, 6.45) is 1.53. The number of methoxy groups -OCH3 is 1. The van der Waals surface area contributed by atoms with E-state index in [1.54, 1.807) is 35.6 Å². The molecule has 0 fully saturated rings. The van der Waals surface area contributed by atoms with Gasteiger partial charge in [0.25, 0.3) is 5.91 Å². The number of fused-ring (bicyclic) bond motifs is 1. The highest BCUT2D eigenvalue weighted by atomic mass is 79.9. The smallest absolute Gasteiger partial charge is 0.253 e. The van der Waals surface area contributed by atoms with Gasteiger partial charge in [-0.05, 0) is 70.4 Å². The van der Waals surface area contributed by atoms with Crippen LogP contribution in [-0.2, 0) is 11.4 Å². The molecule has 1 atom stereocenters. The van der Waals surface area contributed by atoms with E-state index < -0.39 is 0 Å². The lowest BCUT2D eigenvalue weighted by atomic mass is 10.2. The third-order valence-electron chi connectivity index (χ3n) is 4.86. The second-order valence-electron chi connectivity index (χ2n) is 7.39. The molecular formula is C25H21BrFN3O3S2. The Kier molecular flexibility index (Phi) is 8.37. The van der Waals surface area contributed by atoms with Crippen LogP contribution in [0.5, 0.6) is 11.5 Å². The average Bonchev–Trinajstić information content (AvgIpc) is 3.26. The largest absolute Gasteiger partial charge is 0.493 e. The van der Waals surface area contributed by atoms with E-state index in [0.29, 0.717) is 21.5 Å². The molecule has 1 N–H and O–H groups in total. The molecule has 180 valence electrons. The number of amides is 1. The van der Waals surface area contributed by atoms with E-state index in [1.807, 2.05) is 31.2 Å². The maximum Gasteiger partial charge on any atom is 0.253 e. The van der Waals surface area contributed by atoms with Crippen molar-refractivity contribution < 1.29 is 18.7 Å². The summed E-state index contributed by atoms with van der Waals surface area (Å²) in [7, 11) is 1.54. The Bertz CT molecular complexity index is 1330. The van der Waals surface area contributed by atoms with Gasteiger partial charge in [-0.15, -0.1) is 11.3 Å². The second kappa shape index (κ2) is 11.7. The van der Waals surface area contributed by atoms with Crippen molar-refractivity contribution in [1.82, 2.24) is 10.4 Å². The van der Waals surface area contributed by atoms with Crippen molar-refractivity contribution in [2.24, 2.45) is 5.10 Å². The van der Waals surface area contributed by atoms with Crippen LogP contribution in [0.25, 0.3) is 10.2 Å². The molecule has 0 radical (unpaired) electrons. The Morgan fingerprint density at radius 3 is 2.77 bits per heavy atom. The molecule has 3 aromatic carbocycles. The van der Waals surface area contributed by atoms with Crippen LogP contribution in [0.15, 0.2) is 74.6 Å². The minimum absolute atomic E-state index is 0.226. The molecule has 0 aliphatic heterocycles. The zero-order valence-electron chi connectivity index (χ0n) is 18.8. The minimum atomic E-state index is -0.365. The van der Waals surface area contributed by atoms with E-state index in [4.69, 9.17) is 9.47 Å². The van der Waals surface area contributed by atoms with Crippen molar-refractivity contribution in [2.45, 2.75) is 23.1 Å². The molecule has 35 heavy (non-hydrogen) atoms. The number of para-hydroxylation sites is 1. The predicted octanol–water partition coefficient (Wildman–Crippen LogP) is 6.42. The first kappa shape index (κ1) is 25.2. The molecule has 1 heterocycles. The van der Waals surface area contributed by atoms with Gasteiger partial charge < -0.3 is 9.47 Å².